The number of piperidine rings is 1. The Hall–Kier alpha value is -3.57. The highest BCUT2D eigenvalue weighted by Gasteiger charge is 2.42. The number of fused-ring (bicyclic) bond motifs is 1. The molecule has 1 saturated carbocycles. The first kappa shape index (κ1) is 33.3. The second-order valence-corrected chi connectivity index (χ2v) is 14.2. The van der Waals surface area contributed by atoms with E-state index in [-0.39, 0.29) is 29.5 Å². The van der Waals surface area contributed by atoms with Crippen molar-refractivity contribution in [3.05, 3.63) is 83.4 Å². The molecule has 11 heteroatoms. The van der Waals surface area contributed by atoms with Crippen LogP contribution in [0.15, 0.2) is 65.6 Å². The molecule has 6 rings (SSSR count). The molecule has 1 aliphatic heterocycles. The summed E-state index contributed by atoms with van der Waals surface area (Å²) in [5, 5.41) is 2.63. The summed E-state index contributed by atoms with van der Waals surface area (Å²) in [5.41, 5.74) is 2.94. The first-order chi connectivity index (χ1) is 22.4. The molecule has 0 bridgehead atoms. The van der Waals surface area contributed by atoms with Crippen molar-refractivity contribution in [2.45, 2.75) is 69.0 Å². The quantitative estimate of drug-likeness (QED) is 0.158. The van der Waals surface area contributed by atoms with Gasteiger partial charge in [0.2, 0.25) is 5.91 Å². The molecule has 2 aliphatic rings. The van der Waals surface area contributed by atoms with Crippen molar-refractivity contribution in [2.24, 2.45) is 18.9 Å². The number of imidazole rings is 1. The molecule has 4 aromatic rings. The Morgan fingerprint density at radius 1 is 1.00 bits per heavy atom. The number of hydrogen-bond acceptors (Lipinski definition) is 5. The third-order valence-corrected chi connectivity index (χ3v) is 11.1. The number of hydrogen-bond donors (Lipinski definition) is 1. The van der Waals surface area contributed by atoms with Gasteiger partial charge in [-0.05, 0) is 124 Å². The summed E-state index contributed by atoms with van der Waals surface area (Å²) in [7, 11) is 4.05. The highest BCUT2D eigenvalue weighted by Crippen LogP contribution is 2.44. The summed E-state index contributed by atoms with van der Waals surface area (Å²) >= 11 is 1.63. The predicted octanol–water partition coefficient (Wildman–Crippen LogP) is 8.81. The van der Waals surface area contributed by atoms with Crippen LogP contribution in [0.5, 0.6) is 0 Å². The Balaban J connectivity index is 1.20. The van der Waals surface area contributed by atoms with E-state index >= 15 is 0 Å². The molecular weight excluding hydrogens is 626 g/mol. The summed E-state index contributed by atoms with van der Waals surface area (Å²) < 4.78 is 58.2. The second-order valence-electron chi connectivity index (χ2n) is 13.0. The van der Waals surface area contributed by atoms with Crippen molar-refractivity contribution < 1.29 is 22.4 Å². The van der Waals surface area contributed by atoms with Crippen LogP contribution in [0.25, 0.3) is 11.0 Å². The van der Waals surface area contributed by atoms with Gasteiger partial charge in [0.25, 0.3) is 0 Å². The Bertz CT molecular complexity index is 1730. The average molecular weight is 668 g/mol. The molecule has 0 spiro atoms. The fourth-order valence-electron chi connectivity index (χ4n) is 7.28. The van der Waals surface area contributed by atoms with Crippen LogP contribution in [0.4, 0.5) is 28.9 Å². The zero-order valence-corrected chi connectivity index (χ0v) is 28.0. The maximum atomic E-state index is 14.7. The summed E-state index contributed by atoms with van der Waals surface area (Å²) in [6.45, 7) is 6.03. The van der Waals surface area contributed by atoms with E-state index in [1.165, 1.54) is 6.42 Å². The third kappa shape index (κ3) is 7.16. The van der Waals surface area contributed by atoms with Crippen LogP contribution in [0.1, 0.15) is 61.9 Å². The SMILES string of the molecule is Cc1nc2cc(SN(C)c3ccc(C4CC(N5CCCCC5)CC(C(=O)Nc5ccc(C(F)(F)F)cc5F)[C@@H]4C)cc3)ccc2n1C. The van der Waals surface area contributed by atoms with Gasteiger partial charge in [-0.25, -0.2) is 9.37 Å². The van der Waals surface area contributed by atoms with E-state index in [4.69, 9.17) is 0 Å². The zero-order valence-electron chi connectivity index (χ0n) is 27.1. The monoisotopic (exact) mass is 667 g/mol. The van der Waals surface area contributed by atoms with Crippen LogP contribution in [-0.2, 0) is 18.0 Å². The molecule has 1 amide bonds. The first-order valence-electron chi connectivity index (χ1n) is 16.3. The van der Waals surface area contributed by atoms with Gasteiger partial charge < -0.3 is 19.1 Å². The fraction of sp³-hybridized carbons (Fsp3) is 0.444. The number of anilines is 2. The molecule has 1 N–H and O–H groups in total. The van der Waals surface area contributed by atoms with E-state index in [0.717, 1.165) is 77.5 Å². The number of rotatable bonds is 7. The number of nitrogens with zero attached hydrogens (tertiary/aromatic N) is 4. The maximum Gasteiger partial charge on any atom is 0.416 e. The van der Waals surface area contributed by atoms with E-state index in [0.29, 0.717) is 12.5 Å². The molecule has 1 aromatic heterocycles. The van der Waals surface area contributed by atoms with Crippen molar-refractivity contribution in [3.63, 3.8) is 0 Å². The molecule has 4 atom stereocenters. The Morgan fingerprint density at radius 2 is 1.72 bits per heavy atom. The van der Waals surface area contributed by atoms with Crippen molar-refractivity contribution in [1.29, 1.82) is 0 Å². The number of alkyl halides is 3. The highest BCUT2D eigenvalue weighted by molar-refractivity contribution is 8.00. The van der Waals surface area contributed by atoms with Gasteiger partial charge in [-0.1, -0.05) is 25.5 Å². The molecule has 2 fully saturated rings. The molecule has 3 unspecified atom stereocenters. The molecular formula is C36H41F4N5OS. The van der Waals surface area contributed by atoms with E-state index in [1.807, 2.05) is 21.0 Å². The van der Waals surface area contributed by atoms with E-state index in [2.05, 4.69) is 73.5 Å². The van der Waals surface area contributed by atoms with Crippen molar-refractivity contribution in [1.82, 2.24) is 14.5 Å². The number of aromatic nitrogens is 2. The van der Waals surface area contributed by atoms with Gasteiger partial charge in [0, 0.05) is 36.6 Å². The van der Waals surface area contributed by atoms with E-state index in [9.17, 15) is 22.4 Å². The summed E-state index contributed by atoms with van der Waals surface area (Å²) in [5.74, 6) is -0.864. The van der Waals surface area contributed by atoms with Crippen molar-refractivity contribution in [2.75, 3.05) is 29.8 Å². The first-order valence-corrected chi connectivity index (χ1v) is 17.0. The smallest absolute Gasteiger partial charge is 0.331 e. The molecule has 3 aromatic carbocycles. The third-order valence-electron chi connectivity index (χ3n) is 10.1. The molecule has 6 nitrogen and oxygen atoms in total. The number of halogens is 4. The van der Waals surface area contributed by atoms with E-state index in [1.54, 1.807) is 11.9 Å². The van der Waals surface area contributed by atoms with Crippen LogP contribution >= 0.6 is 11.9 Å². The Labute approximate surface area is 277 Å². The summed E-state index contributed by atoms with van der Waals surface area (Å²) in [6, 6.07) is 17.2. The van der Waals surface area contributed by atoms with Crippen LogP contribution in [0.3, 0.4) is 0 Å². The van der Waals surface area contributed by atoms with Gasteiger partial charge in [0.1, 0.15) is 11.6 Å². The van der Waals surface area contributed by atoms with Crippen LogP contribution in [-0.4, -0.2) is 46.5 Å². The number of likely N-dealkylation sites (tertiary alicyclic amines) is 1. The van der Waals surface area contributed by atoms with Crippen molar-refractivity contribution >= 4 is 40.3 Å². The normalized spacial score (nSPS) is 22.4. The van der Waals surface area contributed by atoms with Gasteiger partial charge in [0.05, 0.1) is 22.3 Å². The lowest BCUT2D eigenvalue weighted by Gasteiger charge is -2.45. The highest BCUT2D eigenvalue weighted by atomic mass is 32.2. The lowest BCUT2D eigenvalue weighted by molar-refractivity contribution is -0.137. The van der Waals surface area contributed by atoms with Gasteiger partial charge >= 0.3 is 6.18 Å². The molecule has 250 valence electrons. The van der Waals surface area contributed by atoms with Gasteiger partial charge in [-0.2, -0.15) is 13.2 Å². The predicted molar refractivity (Wildman–Crippen MR) is 180 cm³/mol. The molecule has 47 heavy (non-hydrogen) atoms. The maximum absolute atomic E-state index is 14.7. The lowest BCUT2D eigenvalue weighted by atomic mass is 9.67. The molecule has 2 heterocycles. The molecule has 1 aliphatic carbocycles. The number of nitrogens with one attached hydrogen (secondary N) is 1. The number of amides is 1. The molecule has 0 radical (unpaired) electrons. The minimum Gasteiger partial charge on any atom is -0.331 e. The number of carbonyl (C=O) groups is 1. The number of benzene rings is 3. The van der Waals surface area contributed by atoms with Gasteiger partial charge in [-0.15, -0.1) is 0 Å². The lowest BCUT2D eigenvalue weighted by Crippen LogP contribution is -2.48. The summed E-state index contributed by atoms with van der Waals surface area (Å²) in [6.07, 6.45) is 0.317. The second kappa shape index (κ2) is 13.5. The Morgan fingerprint density at radius 3 is 2.40 bits per heavy atom. The largest absolute Gasteiger partial charge is 0.416 e. The number of aryl methyl sites for hydroxylation is 2. The van der Waals surface area contributed by atoms with Gasteiger partial charge in [0.15, 0.2) is 0 Å². The molecule has 1 saturated heterocycles. The minimum absolute atomic E-state index is 0.0555. The van der Waals surface area contributed by atoms with Crippen LogP contribution < -0.4 is 9.62 Å². The van der Waals surface area contributed by atoms with E-state index < -0.39 is 23.5 Å². The van der Waals surface area contributed by atoms with Crippen LogP contribution in [0, 0.1) is 24.6 Å². The minimum atomic E-state index is -4.66. The topological polar surface area (TPSA) is 53.4 Å². The Kier molecular flexibility index (Phi) is 9.58. The van der Waals surface area contributed by atoms with Crippen LogP contribution in [0.2, 0.25) is 0 Å². The van der Waals surface area contributed by atoms with Gasteiger partial charge in [-0.3, -0.25) is 4.79 Å². The fourth-order valence-corrected chi connectivity index (χ4v) is 8.11. The van der Waals surface area contributed by atoms with Crippen molar-refractivity contribution in [3.8, 4) is 0 Å². The standard InChI is InChI=1S/C36H41F4N5OS/c1-22-29(24-8-11-26(12-9-24)44(4)47-28-13-15-34-33(21-28)41-23(2)43(34)3)19-27(45-16-6-5-7-17-45)20-30(22)35(46)42-32-14-10-25(18-31(32)37)36(38,39)40/h8-15,18,21-22,27,29-30H,5-7,16-17,19-20H2,1-4H3,(H,42,46)/t22-,27?,29?,30?/m1/s1. The zero-order chi connectivity index (χ0) is 33.5. The number of carbonyl (C=O) groups excluding carboxylic acids is 1. The summed E-state index contributed by atoms with van der Waals surface area (Å²) in [4.78, 5) is 21.9. The average Bonchev–Trinajstić information content (AvgIpc) is 3.33.